The molecule has 1 radical (unpaired) electrons. The summed E-state index contributed by atoms with van der Waals surface area (Å²) in [6.07, 6.45) is 0. The zero-order valence-corrected chi connectivity index (χ0v) is 11.0. The number of anilines is 2. The molecule has 0 amide bonds. The molecule has 0 saturated heterocycles. The second kappa shape index (κ2) is 9.49. The van der Waals surface area contributed by atoms with Gasteiger partial charge in [0, 0.05) is 0 Å². The fraction of sp³-hybridized carbons (Fsp3) is 0. The monoisotopic (exact) mass is 369 g/mol. The summed E-state index contributed by atoms with van der Waals surface area (Å²) in [5, 5.41) is 43.5. The van der Waals surface area contributed by atoms with Gasteiger partial charge in [-0.3, -0.25) is 0 Å². The van der Waals surface area contributed by atoms with Crippen molar-refractivity contribution < 1.29 is 31.9 Å². The smallest absolute Gasteiger partial charge is 0.379 e. The van der Waals surface area contributed by atoms with E-state index < -0.39 is 10.2 Å². The Bertz CT molecular complexity index is 590. The Kier molecular flexibility index (Phi) is 9.02. The summed E-state index contributed by atoms with van der Waals surface area (Å²) >= 11 is 0. The third kappa shape index (κ3) is 7.25. The van der Waals surface area contributed by atoms with Crippen molar-refractivity contribution in [3.63, 3.8) is 0 Å². The molecule has 0 saturated carbocycles. The SMILES string of the molecule is Nc1nonc1-c1nnc(N)n1N.O=[N+]([O-])[O-].O=[N+]([O-])[O-].[Cu+2]. The minimum absolute atomic E-state index is 0. The van der Waals surface area contributed by atoms with Gasteiger partial charge in [-0.2, -0.15) is 0 Å². The third-order valence-electron chi connectivity index (χ3n) is 1.45. The van der Waals surface area contributed by atoms with E-state index in [0.717, 1.165) is 4.68 Å². The summed E-state index contributed by atoms with van der Waals surface area (Å²) in [5.74, 6) is 5.80. The Morgan fingerprint density at radius 3 is 1.73 bits per heavy atom. The normalized spacial score (nSPS) is 8.36. The summed E-state index contributed by atoms with van der Waals surface area (Å²) in [7, 11) is 0. The number of hydrogen-bond donors (Lipinski definition) is 3. The van der Waals surface area contributed by atoms with Crippen molar-refractivity contribution in [3.05, 3.63) is 30.6 Å². The predicted molar refractivity (Wildman–Crippen MR) is 63.0 cm³/mol. The zero-order valence-electron chi connectivity index (χ0n) is 10.0. The van der Waals surface area contributed by atoms with Gasteiger partial charge in [-0.25, -0.2) is 9.31 Å². The van der Waals surface area contributed by atoms with Crippen LogP contribution in [-0.2, 0) is 17.1 Å². The number of aromatic nitrogens is 5. The first kappa shape index (κ1) is 20.9. The quantitative estimate of drug-likeness (QED) is 0.206. The van der Waals surface area contributed by atoms with E-state index in [0.29, 0.717) is 0 Å². The average Bonchev–Trinajstić information content (AvgIpc) is 2.86. The van der Waals surface area contributed by atoms with Crippen molar-refractivity contribution in [2.75, 3.05) is 17.3 Å². The Morgan fingerprint density at radius 1 is 1.00 bits per heavy atom. The Labute approximate surface area is 129 Å². The number of rotatable bonds is 1. The first-order chi connectivity index (χ1) is 9.66. The van der Waals surface area contributed by atoms with Gasteiger partial charge in [-0.1, -0.05) is 0 Å². The fourth-order valence-corrected chi connectivity index (χ4v) is 0.816. The molecule has 0 aliphatic carbocycles. The van der Waals surface area contributed by atoms with Crippen LogP contribution in [0.1, 0.15) is 0 Å². The zero-order chi connectivity index (χ0) is 16.6. The summed E-state index contributed by atoms with van der Waals surface area (Å²) in [6.45, 7) is 0. The van der Waals surface area contributed by atoms with E-state index in [-0.39, 0.29) is 40.4 Å². The van der Waals surface area contributed by atoms with Gasteiger partial charge < -0.3 is 48.0 Å². The number of nitrogens with two attached hydrogens (primary N) is 3. The minimum atomic E-state index is -1.75. The van der Waals surface area contributed by atoms with Crippen molar-refractivity contribution in [1.29, 1.82) is 0 Å². The molecule has 125 valence electrons. The number of hydrogen-bond acceptors (Lipinski definition) is 14. The molecule has 2 aromatic heterocycles. The van der Waals surface area contributed by atoms with E-state index in [2.05, 4.69) is 25.1 Å². The molecule has 0 aromatic carbocycles. The van der Waals surface area contributed by atoms with Crippen molar-refractivity contribution in [1.82, 2.24) is 25.2 Å². The van der Waals surface area contributed by atoms with Gasteiger partial charge in [-0.15, -0.1) is 10.2 Å². The first-order valence-corrected chi connectivity index (χ1v) is 4.34. The van der Waals surface area contributed by atoms with Crippen LogP contribution in [0.25, 0.3) is 11.5 Å². The fourth-order valence-electron chi connectivity index (χ4n) is 0.816. The van der Waals surface area contributed by atoms with Crippen molar-refractivity contribution in [2.45, 2.75) is 0 Å². The molecular weight excluding hydrogens is 364 g/mol. The molecule has 2 aromatic rings. The van der Waals surface area contributed by atoms with E-state index in [9.17, 15) is 0 Å². The molecule has 17 nitrogen and oxygen atoms in total. The summed E-state index contributed by atoms with van der Waals surface area (Å²) in [6, 6.07) is 0. The van der Waals surface area contributed by atoms with Crippen LogP contribution < -0.4 is 17.3 Å². The van der Waals surface area contributed by atoms with Gasteiger partial charge in [0.05, 0.1) is 10.2 Å². The van der Waals surface area contributed by atoms with Gasteiger partial charge in [-0.05, 0) is 10.3 Å². The van der Waals surface area contributed by atoms with Crippen LogP contribution >= 0.6 is 0 Å². The van der Waals surface area contributed by atoms with Crippen LogP contribution in [-0.4, -0.2) is 35.4 Å². The molecule has 18 heteroatoms. The molecule has 6 N–H and O–H groups in total. The standard InChI is InChI=1S/C4H6N8O.Cu.2NO3/c5-2-1(10-13-11-2)3-8-9-4(6)12(3)7;;2*2-1(3)4/h7H2,(H2,5,11)(H2,6,9);;;/q;+2;2*-1. The van der Waals surface area contributed by atoms with E-state index in [1.807, 2.05) is 0 Å². The number of nitrogens with zero attached hydrogens (tertiary/aromatic N) is 7. The van der Waals surface area contributed by atoms with Gasteiger partial charge >= 0.3 is 17.1 Å². The van der Waals surface area contributed by atoms with Crippen LogP contribution in [0.3, 0.4) is 0 Å². The molecule has 0 aliphatic heterocycles. The van der Waals surface area contributed by atoms with E-state index in [1.54, 1.807) is 0 Å². The van der Waals surface area contributed by atoms with E-state index in [4.69, 9.17) is 48.0 Å². The molecule has 0 atom stereocenters. The second-order valence-corrected chi connectivity index (χ2v) is 2.70. The Hall–Kier alpha value is -3.40. The number of nitrogen functional groups attached to an aromatic ring is 3. The Morgan fingerprint density at radius 2 is 1.45 bits per heavy atom. The average molecular weight is 370 g/mol. The van der Waals surface area contributed by atoms with Gasteiger partial charge in [0.2, 0.25) is 11.8 Å². The largest absolute Gasteiger partial charge is 2.00 e. The topological polar surface area (TPSA) is 280 Å². The van der Waals surface area contributed by atoms with Crippen LogP contribution in [0.15, 0.2) is 4.63 Å². The van der Waals surface area contributed by atoms with Gasteiger partial charge in [0.25, 0.3) is 0 Å². The molecule has 22 heavy (non-hydrogen) atoms. The van der Waals surface area contributed by atoms with E-state index >= 15 is 0 Å². The minimum Gasteiger partial charge on any atom is -0.379 e. The van der Waals surface area contributed by atoms with Crippen molar-refractivity contribution >= 4 is 11.8 Å². The van der Waals surface area contributed by atoms with Crippen LogP contribution in [0.5, 0.6) is 0 Å². The molecule has 0 spiro atoms. The molecule has 0 unspecified atom stereocenters. The van der Waals surface area contributed by atoms with Crippen molar-refractivity contribution in [2.24, 2.45) is 0 Å². The van der Waals surface area contributed by atoms with Gasteiger partial charge in [0.15, 0.2) is 11.5 Å². The molecule has 0 fully saturated rings. The second-order valence-electron chi connectivity index (χ2n) is 2.70. The molecule has 0 bridgehead atoms. The van der Waals surface area contributed by atoms with Crippen LogP contribution in [0.4, 0.5) is 11.8 Å². The first-order valence-electron chi connectivity index (χ1n) is 4.34. The molecule has 0 aliphatic rings. The van der Waals surface area contributed by atoms with E-state index in [1.165, 1.54) is 0 Å². The molecule has 2 heterocycles. The maximum Gasteiger partial charge on any atom is 2.00 e. The predicted octanol–water partition coefficient (Wildman–Crippen LogP) is -2.27. The Balaban J connectivity index is 0. The summed E-state index contributed by atoms with van der Waals surface area (Å²) in [4.78, 5) is 16.5. The van der Waals surface area contributed by atoms with Crippen LogP contribution in [0.2, 0.25) is 0 Å². The maximum absolute atomic E-state index is 8.25. The van der Waals surface area contributed by atoms with Crippen LogP contribution in [0, 0.1) is 30.6 Å². The van der Waals surface area contributed by atoms with Gasteiger partial charge in [0.1, 0.15) is 0 Å². The third-order valence-corrected chi connectivity index (χ3v) is 1.45. The van der Waals surface area contributed by atoms with Crippen molar-refractivity contribution in [3.8, 4) is 11.5 Å². The molecular formula is C4H6CuN10O7. The molecule has 2 rings (SSSR count). The maximum atomic E-state index is 8.25. The summed E-state index contributed by atoms with van der Waals surface area (Å²) in [5.41, 5.74) is 11.0. The summed E-state index contributed by atoms with van der Waals surface area (Å²) < 4.78 is 5.40.